The first-order valence-electron chi connectivity index (χ1n) is 6.87. The van der Waals surface area contributed by atoms with Crippen molar-refractivity contribution in [3.63, 3.8) is 0 Å². The van der Waals surface area contributed by atoms with Gasteiger partial charge in [-0.3, -0.25) is 10.1 Å². The van der Waals surface area contributed by atoms with E-state index in [1.807, 2.05) is 6.07 Å². The number of rotatable bonds is 3. The van der Waals surface area contributed by atoms with Crippen LogP contribution in [0.4, 0.5) is 11.4 Å². The molecule has 2 unspecified atom stereocenters. The molecule has 0 aliphatic carbocycles. The fraction of sp³-hybridized carbons (Fsp3) is 0.571. The second kappa shape index (κ2) is 4.81. The quantitative estimate of drug-likeness (QED) is 0.670. The lowest BCUT2D eigenvalue weighted by atomic mass is 9.98. The van der Waals surface area contributed by atoms with Gasteiger partial charge in [0.15, 0.2) is 0 Å². The Hall–Kier alpha value is -1.62. The first-order valence-corrected chi connectivity index (χ1v) is 6.87. The molecule has 2 saturated heterocycles. The number of nitro benzene ring substituents is 1. The normalized spacial score (nSPS) is 29.2. The Balaban J connectivity index is 1.78. The zero-order chi connectivity index (χ0) is 13.4. The van der Waals surface area contributed by atoms with Crippen molar-refractivity contribution in [1.29, 1.82) is 0 Å². The van der Waals surface area contributed by atoms with Gasteiger partial charge in [0.25, 0.3) is 5.69 Å². The number of fused-ring (bicyclic) bond motifs is 2. The molecule has 102 valence electrons. The number of anilines is 1. The highest BCUT2D eigenvalue weighted by atomic mass is 16.6. The topological polar surface area (TPSA) is 58.4 Å². The van der Waals surface area contributed by atoms with Crippen molar-refractivity contribution in [2.75, 3.05) is 11.9 Å². The Labute approximate surface area is 112 Å². The predicted octanol–water partition coefficient (Wildman–Crippen LogP) is 2.31. The van der Waals surface area contributed by atoms with Gasteiger partial charge in [-0.05, 0) is 31.7 Å². The summed E-state index contributed by atoms with van der Waals surface area (Å²) in [6, 6.07) is 8.68. The molecule has 2 atom stereocenters. The van der Waals surface area contributed by atoms with E-state index in [1.165, 1.54) is 12.8 Å². The van der Waals surface area contributed by atoms with E-state index in [-0.39, 0.29) is 10.6 Å². The molecule has 2 bridgehead atoms. The van der Waals surface area contributed by atoms with Crippen molar-refractivity contribution in [2.45, 2.75) is 43.8 Å². The molecule has 5 heteroatoms. The molecule has 0 amide bonds. The molecule has 0 radical (unpaired) electrons. The van der Waals surface area contributed by atoms with Gasteiger partial charge >= 0.3 is 0 Å². The first-order chi connectivity index (χ1) is 9.13. The van der Waals surface area contributed by atoms with Crippen molar-refractivity contribution in [1.82, 2.24) is 5.32 Å². The van der Waals surface area contributed by atoms with Gasteiger partial charge < -0.3 is 10.2 Å². The summed E-state index contributed by atoms with van der Waals surface area (Å²) in [4.78, 5) is 12.7. The van der Waals surface area contributed by atoms with Crippen LogP contribution in [0.25, 0.3) is 0 Å². The van der Waals surface area contributed by atoms with E-state index >= 15 is 0 Å². The first kappa shape index (κ1) is 12.4. The number of nitrogens with zero attached hydrogens (tertiary/aromatic N) is 2. The van der Waals surface area contributed by atoms with Crippen molar-refractivity contribution in [3.05, 3.63) is 34.4 Å². The zero-order valence-electron chi connectivity index (χ0n) is 11.1. The molecule has 2 heterocycles. The van der Waals surface area contributed by atoms with Crippen LogP contribution in [0.3, 0.4) is 0 Å². The van der Waals surface area contributed by atoms with Crippen LogP contribution in [-0.2, 0) is 0 Å². The summed E-state index contributed by atoms with van der Waals surface area (Å²) in [5, 5.41) is 14.5. The molecule has 2 aliphatic rings. The van der Waals surface area contributed by atoms with Gasteiger partial charge in [-0.2, -0.15) is 0 Å². The van der Waals surface area contributed by atoms with Gasteiger partial charge in [-0.1, -0.05) is 6.07 Å². The summed E-state index contributed by atoms with van der Waals surface area (Å²) in [5.74, 6) is 0. The lowest BCUT2D eigenvalue weighted by Crippen LogP contribution is -2.47. The van der Waals surface area contributed by atoms with Gasteiger partial charge in [0, 0.05) is 43.0 Å². The number of nitrogens with one attached hydrogen (secondary N) is 1. The molecule has 3 rings (SSSR count). The van der Waals surface area contributed by atoms with Crippen molar-refractivity contribution in [2.24, 2.45) is 0 Å². The van der Waals surface area contributed by atoms with Crippen LogP contribution in [0.2, 0.25) is 0 Å². The van der Waals surface area contributed by atoms with Gasteiger partial charge in [0.05, 0.1) is 4.92 Å². The second-order valence-electron chi connectivity index (χ2n) is 5.65. The Morgan fingerprint density at radius 2 is 2.00 bits per heavy atom. The summed E-state index contributed by atoms with van der Waals surface area (Å²) >= 11 is 0. The van der Waals surface area contributed by atoms with E-state index in [4.69, 9.17) is 0 Å². The molecule has 1 aromatic rings. The SMILES string of the molecule is CN(c1cccc([N+](=O)[O-])c1)C1CC2CCC(C1)N2. The third kappa shape index (κ3) is 2.42. The van der Waals surface area contributed by atoms with E-state index in [2.05, 4.69) is 17.3 Å². The number of benzene rings is 1. The van der Waals surface area contributed by atoms with Gasteiger partial charge in [-0.25, -0.2) is 0 Å². The molecule has 5 nitrogen and oxygen atoms in total. The fourth-order valence-corrected chi connectivity index (χ4v) is 3.38. The highest BCUT2D eigenvalue weighted by Gasteiger charge is 2.35. The molecule has 2 aliphatic heterocycles. The van der Waals surface area contributed by atoms with Crippen molar-refractivity contribution >= 4 is 11.4 Å². The molecule has 1 N–H and O–H groups in total. The molecule has 0 aromatic heterocycles. The zero-order valence-corrected chi connectivity index (χ0v) is 11.1. The number of nitro groups is 1. The van der Waals surface area contributed by atoms with Crippen LogP contribution >= 0.6 is 0 Å². The minimum absolute atomic E-state index is 0.168. The van der Waals surface area contributed by atoms with E-state index in [0.717, 1.165) is 18.5 Å². The van der Waals surface area contributed by atoms with Gasteiger partial charge in [0.1, 0.15) is 0 Å². The fourth-order valence-electron chi connectivity index (χ4n) is 3.38. The third-order valence-corrected chi connectivity index (χ3v) is 4.44. The predicted molar refractivity (Wildman–Crippen MR) is 74.5 cm³/mol. The average Bonchev–Trinajstić information content (AvgIpc) is 2.76. The lowest BCUT2D eigenvalue weighted by Gasteiger charge is -2.36. The van der Waals surface area contributed by atoms with E-state index < -0.39 is 0 Å². The number of non-ortho nitro benzene ring substituents is 1. The minimum atomic E-state index is -0.330. The standard InChI is InChI=1S/C14H19N3O2/c1-16(12-3-2-4-13(9-12)17(18)19)14-7-10-5-6-11(8-14)15-10/h2-4,9-11,14-15H,5-8H2,1H3. The maximum absolute atomic E-state index is 10.8. The number of hydrogen-bond donors (Lipinski definition) is 1. The highest BCUT2D eigenvalue weighted by Crippen LogP contribution is 2.32. The van der Waals surface area contributed by atoms with E-state index in [0.29, 0.717) is 18.1 Å². The van der Waals surface area contributed by atoms with Crippen LogP contribution in [0.5, 0.6) is 0 Å². The highest BCUT2D eigenvalue weighted by molar-refractivity contribution is 5.53. The monoisotopic (exact) mass is 261 g/mol. The average molecular weight is 261 g/mol. The van der Waals surface area contributed by atoms with Crippen LogP contribution in [0.15, 0.2) is 24.3 Å². The summed E-state index contributed by atoms with van der Waals surface area (Å²) in [6.45, 7) is 0. The Morgan fingerprint density at radius 3 is 2.63 bits per heavy atom. The molecule has 0 spiro atoms. The molecule has 1 aromatic carbocycles. The summed E-state index contributed by atoms with van der Waals surface area (Å²) in [5.41, 5.74) is 1.11. The Bertz CT molecular complexity index is 479. The second-order valence-corrected chi connectivity index (χ2v) is 5.65. The van der Waals surface area contributed by atoms with Crippen LogP contribution in [0, 0.1) is 10.1 Å². The molecule has 19 heavy (non-hydrogen) atoms. The van der Waals surface area contributed by atoms with Crippen LogP contribution < -0.4 is 10.2 Å². The molecule has 2 fully saturated rings. The minimum Gasteiger partial charge on any atom is -0.371 e. The van der Waals surface area contributed by atoms with Crippen LogP contribution in [-0.4, -0.2) is 30.1 Å². The molecular formula is C14H19N3O2. The van der Waals surface area contributed by atoms with E-state index in [1.54, 1.807) is 18.2 Å². The molecular weight excluding hydrogens is 242 g/mol. The van der Waals surface area contributed by atoms with Gasteiger partial charge in [0.2, 0.25) is 0 Å². The summed E-state index contributed by atoms with van der Waals surface area (Å²) in [7, 11) is 2.05. The van der Waals surface area contributed by atoms with Crippen molar-refractivity contribution < 1.29 is 4.92 Å². The maximum Gasteiger partial charge on any atom is 0.271 e. The smallest absolute Gasteiger partial charge is 0.271 e. The van der Waals surface area contributed by atoms with E-state index in [9.17, 15) is 10.1 Å². The third-order valence-electron chi connectivity index (χ3n) is 4.44. The Kier molecular flexibility index (Phi) is 3.14. The Morgan fingerprint density at radius 1 is 1.32 bits per heavy atom. The summed E-state index contributed by atoms with van der Waals surface area (Å²) in [6.07, 6.45) is 4.80. The maximum atomic E-state index is 10.8. The van der Waals surface area contributed by atoms with Gasteiger partial charge in [-0.15, -0.1) is 0 Å². The molecule has 0 saturated carbocycles. The number of piperidine rings is 1. The largest absolute Gasteiger partial charge is 0.371 e. The number of hydrogen-bond acceptors (Lipinski definition) is 4. The lowest BCUT2D eigenvalue weighted by molar-refractivity contribution is -0.384. The summed E-state index contributed by atoms with van der Waals surface area (Å²) < 4.78 is 0. The van der Waals surface area contributed by atoms with Crippen LogP contribution in [0.1, 0.15) is 25.7 Å². The van der Waals surface area contributed by atoms with Crippen molar-refractivity contribution in [3.8, 4) is 0 Å².